The Hall–Kier alpha value is -3.18. The van der Waals surface area contributed by atoms with Crippen LogP contribution in [-0.4, -0.2) is 20.4 Å². The average molecular weight is 419 g/mol. The van der Waals surface area contributed by atoms with Gasteiger partial charge in [0.15, 0.2) is 0 Å². The number of amides is 1. The van der Waals surface area contributed by atoms with Crippen molar-refractivity contribution in [1.82, 2.24) is 19.9 Å². The molecule has 2 aromatic heterocycles. The molecule has 0 saturated heterocycles. The number of aryl methyl sites for hydroxylation is 2. The summed E-state index contributed by atoms with van der Waals surface area (Å²) in [7, 11) is 0. The quantitative estimate of drug-likeness (QED) is 0.497. The zero-order valence-corrected chi connectivity index (χ0v) is 17.8. The van der Waals surface area contributed by atoms with Gasteiger partial charge in [0.25, 0.3) is 0 Å². The number of aromatic nitrogens is 3. The van der Waals surface area contributed by atoms with Crippen molar-refractivity contribution in [2.45, 2.75) is 33.4 Å². The van der Waals surface area contributed by atoms with Gasteiger partial charge in [-0.1, -0.05) is 29.8 Å². The van der Waals surface area contributed by atoms with Gasteiger partial charge in [0.1, 0.15) is 12.4 Å². The summed E-state index contributed by atoms with van der Waals surface area (Å²) in [6, 6.07) is 15.7. The summed E-state index contributed by atoms with van der Waals surface area (Å²) in [5.41, 5.74) is 6.20. The second-order valence-electron chi connectivity index (χ2n) is 7.44. The summed E-state index contributed by atoms with van der Waals surface area (Å²) in [5.74, 6) is 0.756. The molecule has 0 saturated carbocycles. The van der Waals surface area contributed by atoms with Crippen LogP contribution in [0.25, 0.3) is 11.0 Å². The molecule has 0 fully saturated rings. The zero-order chi connectivity index (χ0) is 21.1. The van der Waals surface area contributed by atoms with Gasteiger partial charge in [-0.25, -0.2) is 4.98 Å². The third kappa shape index (κ3) is 4.36. The van der Waals surface area contributed by atoms with E-state index in [0.29, 0.717) is 18.0 Å². The first-order chi connectivity index (χ1) is 14.5. The summed E-state index contributed by atoms with van der Waals surface area (Å²) in [4.78, 5) is 21.6. The van der Waals surface area contributed by atoms with Crippen molar-refractivity contribution in [3.05, 3.63) is 94.0 Å². The van der Waals surface area contributed by atoms with E-state index < -0.39 is 0 Å². The predicted molar refractivity (Wildman–Crippen MR) is 120 cm³/mol. The number of carbonyl (C=O) groups is 1. The largest absolute Gasteiger partial charge is 0.350 e. The molecule has 0 aliphatic heterocycles. The zero-order valence-electron chi connectivity index (χ0n) is 17.0. The second kappa shape index (κ2) is 8.67. The lowest BCUT2D eigenvalue weighted by molar-refractivity contribution is -0.121. The van der Waals surface area contributed by atoms with Crippen LogP contribution >= 0.6 is 11.6 Å². The Kier molecular flexibility index (Phi) is 5.81. The van der Waals surface area contributed by atoms with Crippen molar-refractivity contribution in [2.75, 3.05) is 0 Å². The summed E-state index contributed by atoms with van der Waals surface area (Å²) in [6.45, 7) is 4.81. The Morgan fingerprint density at radius 2 is 1.80 bits per heavy atom. The number of halogens is 1. The van der Waals surface area contributed by atoms with Gasteiger partial charge in [0.2, 0.25) is 5.91 Å². The molecule has 0 atom stereocenters. The number of pyridine rings is 1. The third-order valence-corrected chi connectivity index (χ3v) is 5.66. The first-order valence-electron chi connectivity index (χ1n) is 9.86. The Morgan fingerprint density at radius 1 is 1.07 bits per heavy atom. The monoisotopic (exact) mass is 418 g/mol. The van der Waals surface area contributed by atoms with Gasteiger partial charge in [0, 0.05) is 30.4 Å². The van der Waals surface area contributed by atoms with Crippen LogP contribution in [0.2, 0.25) is 5.02 Å². The number of carbonyl (C=O) groups excluding carboxylic acids is 1. The molecule has 6 heteroatoms. The standard InChI is InChI=1S/C24H23ClN4O/c1-16-11-21-22(12-17(16)2)29(15-24(30)27-14-18-7-9-26-10-8-18)23(28-21)13-19-5-3-4-6-20(19)25/h3-12H,13-15H2,1-2H3,(H,27,30). The number of rotatable bonds is 6. The van der Waals surface area contributed by atoms with Crippen LogP contribution in [0.4, 0.5) is 0 Å². The Bertz CT molecular complexity index is 1200. The maximum Gasteiger partial charge on any atom is 0.240 e. The average Bonchev–Trinajstić information content (AvgIpc) is 3.05. The number of imidazole rings is 1. The molecule has 2 heterocycles. The van der Waals surface area contributed by atoms with E-state index in [9.17, 15) is 4.79 Å². The van der Waals surface area contributed by atoms with E-state index in [-0.39, 0.29) is 12.5 Å². The lowest BCUT2D eigenvalue weighted by atomic mass is 10.1. The molecule has 0 aliphatic carbocycles. The lowest BCUT2D eigenvalue weighted by Crippen LogP contribution is -2.27. The third-order valence-electron chi connectivity index (χ3n) is 5.29. The molecule has 4 aromatic rings. The number of nitrogens with zero attached hydrogens (tertiary/aromatic N) is 3. The smallest absolute Gasteiger partial charge is 0.240 e. The van der Waals surface area contributed by atoms with Gasteiger partial charge < -0.3 is 9.88 Å². The van der Waals surface area contributed by atoms with Crippen LogP contribution < -0.4 is 5.32 Å². The topological polar surface area (TPSA) is 59.8 Å². The Labute approximate surface area is 180 Å². The number of nitrogens with one attached hydrogen (secondary N) is 1. The van der Waals surface area contributed by atoms with Crippen LogP contribution in [-0.2, 0) is 24.3 Å². The number of fused-ring (bicyclic) bond motifs is 1. The van der Waals surface area contributed by atoms with E-state index in [1.165, 1.54) is 11.1 Å². The summed E-state index contributed by atoms with van der Waals surface area (Å²) in [5, 5.41) is 3.69. The van der Waals surface area contributed by atoms with Crippen molar-refractivity contribution in [2.24, 2.45) is 0 Å². The van der Waals surface area contributed by atoms with Crippen LogP contribution in [0.1, 0.15) is 28.1 Å². The van der Waals surface area contributed by atoms with E-state index in [0.717, 1.165) is 28.0 Å². The SMILES string of the molecule is Cc1cc2nc(Cc3ccccc3Cl)n(CC(=O)NCc3ccncc3)c2cc1C. The highest BCUT2D eigenvalue weighted by molar-refractivity contribution is 6.31. The van der Waals surface area contributed by atoms with E-state index in [1.807, 2.05) is 41.0 Å². The maximum atomic E-state index is 12.7. The van der Waals surface area contributed by atoms with Crippen molar-refractivity contribution in [3.8, 4) is 0 Å². The van der Waals surface area contributed by atoms with Crippen molar-refractivity contribution in [3.63, 3.8) is 0 Å². The molecular weight excluding hydrogens is 396 g/mol. The number of hydrogen-bond donors (Lipinski definition) is 1. The Morgan fingerprint density at radius 3 is 2.57 bits per heavy atom. The van der Waals surface area contributed by atoms with Gasteiger partial charge >= 0.3 is 0 Å². The molecular formula is C24H23ClN4O. The fourth-order valence-electron chi connectivity index (χ4n) is 3.45. The minimum atomic E-state index is -0.0650. The molecule has 0 aliphatic rings. The van der Waals surface area contributed by atoms with Crippen LogP contribution in [0.5, 0.6) is 0 Å². The lowest BCUT2D eigenvalue weighted by Gasteiger charge is -2.11. The van der Waals surface area contributed by atoms with Crippen molar-refractivity contribution >= 4 is 28.5 Å². The maximum absolute atomic E-state index is 12.7. The van der Waals surface area contributed by atoms with E-state index >= 15 is 0 Å². The molecule has 0 bridgehead atoms. The number of benzene rings is 2. The molecule has 1 N–H and O–H groups in total. The first-order valence-corrected chi connectivity index (χ1v) is 10.2. The van der Waals surface area contributed by atoms with Gasteiger partial charge in [0.05, 0.1) is 11.0 Å². The molecule has 0 unspecified atom stereocenters. The highest BCUT2D eigenvalue weighted by Crippen LogP contribution is 2.24. The van der Waals surface area contributed by atoms with Crippen molar-refractivity contribution < 1.29 is 4.79 Å². The van der Waals surface area contributed by atoms with Crippen LogP contribution in [0.15, 0.2) is 60.9 Å². The minimum Gasteiger partial charge on any atom is -0.350 e. The molecule has 30 heavy (non-hydrogen) atoms. The molecule has 5 nitrogen and oxygen atoms in total. The Balaban J connectivity index is 1.64. The summed E-state index contributed by atoms with van der Waals surface area (Å²) < 4.78 is 1.99. The van der Waals surface area contributed by atoms with Crippen LogP contribution in [0, 0.1) is 13.8 Å². The van der Waals surface area contributed by atoms with Gasteiger partial charge in [-0.15, -0.1) is 0 Å². The molecule has 2 aromatic carbocycles. The summed E-state index contributed by atoms with van der Waals surface area (Å²) in [6.07, 6.45) is 4.00. The van der Waals surface area contributed by atoms with Crippen molar-refractivity contribution in [1.29, 1.82) is 0 Å². The van der Waals surface area contributed by atoms with E-state index in [2.05, 4.69) is 36.3 Å². The fourth-order valence-corrected chi connectivity index (χ4v) is 3.66. The first kappa shape index (κ1) is 20.1. The van der Waals surface area contributed by atoms with Gasteiger partial charge in [-0.05, 0) is 66.4 Å². The summed E-state index contributed by atoms with van der Waals surface area (Å²) >= 11 is 6.38. The number of hydrogen-bond acceptors (Lipinski definition) is 3. The van der Waals surface area contributed by atoms with Gasteiger partial charge in [-0.2, -0.15) is 0 Å². The molecule has 0 spiro atoms. The molecule has 1 amide bonds. The van der Waals surface area contributed by atoms with E-state index in [4.69, 9.17) is 16.6 Å². The predicted octanol–water partition coefficient (Wildman–Crippen LogP) is 4.61. The minimum absolute atomic E-state index is 0.0650. The highest BCUT2D eigenvalue weighted by atomic mass is 35.5. The normalized spacial score (nSPS) is 11.0. The second-order valence-corrected chi connectivity index (χ2v) is 7.85. The van der Waals surface area contributed by atoms with E-state index in [1.54, 1.807) is 12.4 Å². The molecule has 4 rings (SSSR count). The molecule has 152 valence electrons. The highest BCUT2D eigenvalue weighted by Gasteiger charge is 2.16. The van der Waals surface area contributed by atoms with Gasteiger partial charge in [-0.3, -0.25) is 9.78 Å². The fraction of sp³-hybridized carbons (Fsp3) is 0.208. The molecule has 0 radical (unpaired) electrons. The van der Waals surface area contributed by atoms with Crippen LogP contribution in [0.3, 0.4) is 0 Å².